The molecule has 9 heteroatoms. The van der Waals surface area contributed by atoms with Crippen molar-refractivity contribution < 1.29 is 22.7 Å². The molecule has 0 bridgehead atoms. The summed E-state index contributed by atoms with van der Waals surface area (Å²) in [6, 6.07) is 7.87. The summed E-state index contributed by atoms with van der Waals surface area (Å²) in [6.07, 6.45) is 0.446. The van der Waals surface area contributed by atoms with Gasteiger partial charge in [0.25, 0.3) is 0 Å². The highest BCUT2D eigenvalue weighted by Crippen LogP contribution is 2.18. The van der Waals surface area contributed by atoms with Crippen LogP contribution in [0, 0.1) is 6.92 Å². The first-order valence-electron chi connectivity index (χ1n) is 6.92. The van der Waals surface area contributed by atoms with Crippen LogP contribution in [0.5, 0.6) is 0 Å². The van der Waals surface area contributed by atoms with Crippen LogP contribution >= 0.6 is 0 Å². The Morgan fingerprint density at radius 3 is 2.75 bits per heavy atom. The fourth-order valence-electron chi connectivity index (χ4n) is 2.02. The van der Waals surface area contributed by atoms with Crippen LogP contribution in [0.2, 0.25) is 0 Å². The largest absolute Gasteiger partial charge is 0.465 e. The molecule has 1 aromatic heterocycles. The number of halogens is 1. The number of benzene rings is 1. The number of amides is 1. The highest BCUT2D eigenvalue weighted by Gasteiger charge is 2.18. The average Bonchev–Trinajstić information content (AvgIpc) is 2.98. The molecule has 0 spiro atoms. The van der Waals surface area contributed by atoms with Gasteiger partial charge in [-0.05, 0) is 36.8 Å². The molecule has 1 aromatic carbocycles. The molecule has 2 N–H and O–H groups in total. The zero-order valence-electron chi connectivity index (χ0n) is 12.8. The SMILES string of the molecule is Cc1ccn(-c2cccc(S(=O)(=O)C/C(=C/F)CNC(=O)O)c2)n1. The van der Waals surface area contributed by atoms with E-state index in [1.807, 2.05) is 12.2 Å². The molecule has 0 aliphatic heterocycles. The Labute approximate surface area is 138 Å². The number of sulfone groups is 1. The second-order valence-corrected chi connectivity index (χ2v) is 7.07. The summed E-state index contributed by atoms with van der Waals surface area (Å²) >= 11 is 0. The Kier molecular flexibility index (Phi) is 5.35. The highest BCUT2D eigenvalue weighted by molar-refractivity contribution is 7.91. The number of hydrogen-bond donors (Lipinski definition) is 2. The van der Waals surface area contributed by atoms with Gasteiger partial charge in [-0.3, -0.25) is 0 Å². The zero-order valence-corrected chi connectivity index (χ0v) is 13.6. The lowest BCUT2D eigenvalue weighted by atomic mass is 10.3. The Morgan fingerprint density at radius 2 is 2.17 bits per heavy atom. The monoisotopic (exact) mass is 353 g/mol. The van der Waals surface area contributed by atoms with E-state index in [0.717, 1.165) is 5.69 Å². The molecule has 0 aliphatic carbocycles. The topological polar surface area (TPSA) is 101 Å². The van der Waals surface area contributed by atoms with Crippen molar-refractivity contribution in [2.45, 2.75) is 11.8 Å². The zero-order chi connectivity index (χ0) is 17.7. The summed E-state index contributed by atoms with van der Waals surface area (Å²) in [5, 5.41) is 14.7. The molecule has 2 rings (SSSR count). The van der Waals surface area contributed by atoms with Gasteiger partial charge in [0.05, 0.1) is 28.4 Å². The third-order valence-electron chi connectivity index (χ3n) is 3.16. The number of rotatable bonds is 6. The van der Waals surface area contributed by atoms with Gasteiger partial charge in [0.2, 0.25) is 0 Å². The molecule has 0 aliphatic rings. The van der Waals surface area contributed by atoms with Crippen LogP contribution < -0.4 is 5.32 Å². The standard InChI is InChI=1S/C15H16FN3O4S/c1-11-5-6-19(18-11)13-3-2-4-14(7-13)24(22,23)10-12(8-16)9-17-15(20)21/h2-8,17H,9-10H2,1H3,(H,20,21)/b12-8+. The van der Waals surface area contributed by atoms with Gasteiger partial charge in [-0.25, -0.2) is 22.3 Å². The van der Waals surface area contributed by atoms with Crippen LogP contribution in [0.25, 0.3) is 5.69 Å². The summed E-state index contributed by atoms with van der Waals surface area (Å²) < 4.78 is 39.2. The number of aromatic nitrogens is 2. The summed E-state index contributed by atoms with van der Waals surface area (Å²) in [7, 11) is -3.83. The quantitative estimate of drug-likeness (QED) is 0.828. The summed E-state index contributed by atoms with van der Waals surface area (Å²) in [6.45, 7) is 1.41. The molecule has 7 nitrogen and oxygen atoms in total. The number of aryl methyl sites for hydroxylation is 1. The predicted molar refractivity (Wildman–Crippen MR) is 85.6 cm³/mol. The van der Waals surface area contributed by atoms with Gasteiger partial charge in [-0.1, -0.05) is 6.07 Å². The number of carbonyl (C=O) groups is 1. The lowest BCUT2D eigenvalue weighted by molar-refractivity contribution is 0.195. The van der Waals surface area contributed by atoms with E-state index in [0.29, 0.717) is 5.69 Å². The first-order valence-corrected chi connectivity index (χ1v) is 8.57. The molecule has 0 atom stereocenters. The first-order chi connectivity index (χ1) is 11.3. The average molecular weight is 353 g/mol. The van der Waals surface area contributed by atoms with Crippen molar-refractivity contribution in [3.8, 4) is 5.69 Å². The van der Waals surface area contributed by atoms with Crippen LogP contribution in [0.15, 0.2) is 53.3 Å². The molecule has 0 fully saturated rings. The molecule has 0 unspecified atom stereocenters. The van der Waals surface area contributed by atoms with Gasteiger partial charge in [-0.15, -0.1) is 0 Å². The highest BCUT2D eigenvalue weighted by atomic mass is 32.2. The van der Waals surface area contributed by atoms with Crippen molar-refractivity contribution in [2.75, 3.05) is 12.3 Å². The number of carboxylic acid groups (broad SMARTS) is 1. The fourth-order valence-corrected chi connectivity index (χ4v) is 3.42. The lowest BCUT2D eigenvalue weighted by Gasteiger charge is -2.09. The minimum Gasteiger partial charge on any atom is -0.465 e. The van der Waals surface area contributed by atoms with Crippen LogP contribution in [0.4, 0.5) is 9.18 Å². The summed E-state index contributed by atoms with van der Waals surface area (Å²) in [5.74, 6) is -0.620. The molecule has 0 radical (unpaired) electrons. The minimum absolute atomic E-state index is 0.00262. The smallest absolute Gasteiger partial charge is 0.404 e. The maximum Gasteiger partial charge on any atom is 0.404 e. The number of hydrogen-bond acceptors (Lipinski definition) is 4. The normalized spacial score (nSPS) is 12.2. The van der Waals surface area contributed by atoms with E-state index in [4.69, 9.17) is 5.11 Å². The van der Waals surface area contributed by atoms with Crippen molar-refractivity contribution >= 4 is 15.9 Å². The first kappa shape index (κ1) is 17.7. The molecule has 24 heavy (non-hydrogen) atoms. The second kappa shape index (κ2) is 7.26. The second-order valence-electron chi connectivity index (χ2n) is 5.08. The van der Waals surface area contributed by atoms with E-state index in [1.165, 1.54) is 16.8 Å². The molecule has 0 saturated carbocycles. The molecular weight excluding hydrogens is 337 g/mol. The van der Waals surface area contributed by atoms with E-state index in [9.17, 15) is 17.6 Å². The molecule has 128 valence electrons. The third kappa shape index (κ3) is 4.42. The number of nitrogens with zero attached hydrogens (tertiary/aromatic N) is 2. The van der Waals surface area contributed by atoms with Crippen LogP contribution in [-0.4, -0.2) is 41.7 Å². The Hall–Kier alpha value is -2.68. The van der Waals surface area contributed by atoms with E-state index in [1.54, 1.807) is 24.4 Å². The van der Waals surface area contributed by atoms with Crippen molar-refractivity contribution in [3.63, 3.8) is 0 Å². The Bertz CT molecular complexity index is 874. The van der Waals surface area contributed by atoms with Crippen LogP contribution in [0.3, 0.4) is 0 Å². The summed E-state index contributed by atoms with van der Waals surface area (Å²) in [5.41, 5.74) is 1.15. The van der Waals surface area contributed by atoms with Crippen LogP contribution in [0.1, 0.15) is 5.69 Å². The molecule has 1 heterocycles. The maximum absolute atomic E-state index is 12.8. The van der Waals surface area contributed by atoms with E-state index in [-0.39, 0.29) is 16.8 Å². The minimum atomic E-state index is -3.83. The number of nitrogens with one attached hydrogen (secondary N) is 1. The Morgan fingerprint density at radius 1 is 1.42 bits per heavy atom. The molecule has 2 aromatic rings. The summed E-state index contributed by atoms with van der Waals surface area (Å²) in [4.78, 5) is 10.4. The van der Waals surface area contributed by atoms with Crippen molar-refractivity contribution in [2.24, 2.45) is 0 Å². The molecular formula is C15H16FN3O4S. The van der Waals surface area contributed by atoms with E-state index < -0.39 is 28.2 Å². The van der Waals surface area contributed by atoms with Gasteiger partial charge in [0, 0.05) is 12.7 Å². The van der Waals surface area contributed by atoms with E-state index in [2.05, 4.69) is 5.10 Å². The van der Waals surface area contributed by atoms with Crippen molar-refractivity contribution in [1.82, 2.24) is 15.1 Å². The lowest BCUT2D eigenvalue weighted by Crippen LogP contribution is -2.25. The molecule has 1 amide bonds. The van der Waals surface area contributed by atoms with Crippen molar-refractivity contribution in [1.29, 1.82) is 0 Å². The predicted octanol–water partition coefficient (Wildman–Crippen LogP) is 2.08. The Balaban J connectivity index is 2.24. The van der Waals surface area contributed by atoms with Gasteiger partial charge in [0.15, 0.2) is 9.84 Å². The van der Waals surface area contributed by atoms with Crippen molar-refractivity contribution in [3.05, 3.63) is 54.1 Å². The van der Waals surface area contributed by atoms with Gasteiger partial charge < -0.3 is 10.4 Å². The maximum atomic E-state index is 12.8. The van der Waals surface area contributed by atoms with Gasteiger partial charge >= 0.3 is 6.09 Å². The molecule has 0 saturated heterocycles. The fraction of sp³-hybridized carbons (Fsp3) is 0.200. The van der Waals surface area contributed by atoms with E-state index >= 15 is 0 Å². The van der Waals surface area contributed by atoms with Gasteiger partial charge in [0.1, 0.15) is 0 Å². The van der Waals surface area contributed by atoms with Gasteiger partial charge in [-0.2, -0.15) is 5.10 Å². The third-order valence-corrected chi connectivity index (χ3v) is 4.88. The van der Waals surface area contributed by atoms with Crippen LogP contribution in [-0.2, 0) is 9.84 Å².